The maximum atomic E-state index is 4.30. The van der Waals surface area contributed by atoms with E-state index in [1.165, 1.54) is 31.1 Å². The minimum Gasteiger partial charge on any atom is -0.302 e. The van der Waals surface area contributed by atoms with Gasteiger partial charge in [-0.15, -0.1) is 0 Å². The average molecular weight is 181 g/mol. The van der Waals surface area contributed by atoms with Gasteiger partial charge in [0.15, 0.2) is 0 Å². The lowest BCUT2D eigenvalue weighted by molar-refractivity contribution is 0.346. The Morgan fingerprint density at radius 2 is 2.50 bits per heavy atom. The molecule has 1 aromatic rings. The van der Waals surface area contributed by atoms with Crippen molar-refractivity contribution in [3.63, 3.8) is 0 Å². The second-order valence-electron chi connectivity index (χ2n) is 3.69. The van der Waals surface area contributed by atoms with E-state index in [2.05, 4.69) is 14.3 Å². The zero-order valence-electron chi connectivity index (χ0n) is 6.81. The quantitative estimate of drug-likeness (QED) is 0.646. The predicted octanol–water partition coefficient (Wildman–Crippen LogP) is 0.957. The van der Waals surface area contributed by atoms with Crippen molar-refractivity contribution in [3.8, 4) is 0 Å². The standard InChI is InChI=1S/C8H11N3S/c1-2-11-3-6(1)7(4-11)8-9-5-10-12-8/h5-7H,1-4H2/t6?,7-/m1/s1. The molecule has 3 heterocycles. The Balaban J connectivity index is 1.87. The van der Waals surface area contributed by atoms with Crippen molar-refractivity contribution in [1.29, 1.82) is 0 Å². The number of aromatic nitrogens is 2. The van der Waals surface area contributed by atoms with Crippen LogP contribution in [0.25, 0.3) is 0 Å². The molecule has 3 rings (SSSR count). The minimum absolute atomic E-state index is 0.700. The number of fused-ring (bicyclic) bond motifs is 2. The highest BCUT2D eigenvalue weighted by molar-refractivity contribution is 7.05. The number of hydrogen-bond acceptors (Lipinski definition) is 4. The van der Waals surface area contributed by atoms with E-state index in [0.717, 1.165) is 5.92 Å². The summed E-state index contributed by atoms with van der Waals surface area (Å²) in [5, 5.41) is 1.25. The monoisotopic (exact) mass is 181 g/mol. The highest BCUT2D eigenvalue weighted by Gasteiger charge is 2.39. The van der Waals surface area contributed by atoms with E-state index in [1.807, 2.05) is 0 Å². The predicted molar refractivity (Wildman–Crippen MR) is 47.2 cm³/mol. The summed E-state index contributed by atoms with van der Waals surface area (Å²) in [7, 11) is 0. The number of hydrogen-bond donors (Lipinski definition) is 0. The Hall–Kier alpha value is -0.480. The van der Waals surface area contributed by atoms with Gasteiger partial charge in [-0.05, 0) is 30.4 Å². The molecule has 1 aromatic heterocycles. The molecule has 2 aliphatic heterocycles. The van der Waals surface area contributed by atoms with E-state index < -0.39 is 0 Å². The highest BCUT2D eigenvalue weighted by Crippen LogP contribution is 2.39. The van der Waals surface area contributed by atoms with Gasteiger partial charge in [-0.3, -0.25) is 0 Å². The van der Waals surface area contributed by atoms with Gasteiger partial charge in [0.1, 0.15) is 11.3 Å². The zero-order valence-corrected chi connectivity index (χ0v) is 7.63. The van der Waals surface area contributed by atoms with Crippen LogP contribution >= 0.6 is 11.5 Å². The van der Waals surface area contributed by atoms with Crippen molar-refractivity contribution < 1.29 is 0 Å². The second kappa shape index (κ2) is 2.50. The lowest BCUT2D eigenvalue weighted by atomic mass is 9.93. The van der Waals surface area contributed by atoms with Crippen molar-refractivity contribution in [2.45, 2.75) is 12.3 Å². The van der Waals surface area contributed by atoms with E-state index in [9.17, 15) is 0 Å². The summed E-state index contributed by atoms with van der Waals surface area (Å²) < 4.78 is 4.06. The van der Waals surface area contributed by atoms with Crippen LogP contribution in [0.5, 0.6) is 0 Å². The van der Waals surface area contributed by atoms with Crippen LogP contribution in [0.1, 0.15) is 17.3 Å². The minimum atomic E-state index is 0.700. The van der Waals surface area contributed by atoms with Gasteiger partial charge in [-0.25, -0.2) is 4.98 Å². The van der Waals surface area contributed by atoms with Crippen LogP contribution in [0.4, 0.5) is 0 Å². The molecule has 2 aliphatic rings. The number of nitrogens with zero attached hydrogens (tertiary/aromatic N) is 3. The topological polar surface area (TPSA) is 29.0 Å². The Morgan fingerprint density at radius 1 is 1.50 bits per heavy atom. The third-order valence-electron chi connectivity index (χ3n) is 3.03. The van der Waals surface area contributed by atoms with Crippen LogP contribution in [0.15, 0.2) is 6.33 Å². The summed E-state index contributed by atoms with van der Waals surface area (Å²) in [4.78, 5) is 6.84. The largest absolute Gasteiger partial charge is 0.302 e. The van der Waals surface area contributed by atoms with Crippen LogP contribution in [0.2, 0.25) is 0 Å². The summed E-state index contributed by atoms with van der Waals surface area (Å²) in [6, 6.07) is 0. The third kappa shape index (κ3) is 0.912. The summed E-state index contributed by atoms with van der Waals surface area (Å²) >= 11 is 1.57. The Labute approximate surface area is 75.6 Å². The molecule has 0 aliphatic carbocycles. The lowest BCUT2D eigenvalue weighted by Crippen LogP contribution is -2.21. The van der Waals surface area contributed by atoms with Gasteiger partial charge >= 0.3 is 0 Å². The van der Waals surface area contributed by atoms with Crippen molar-refractivity contribution in [2.24, 2.45) is 5.92 Å². The van der Waals surface area contributed by atoms with Crippen LogP contribution in [-0.2, 0) is 0 Å². The van der Waals surface area contributed by atoms with Crippen molar-refractivity contribution in [3.05, 3.63) is 11.3 Å². The van der Waals surface area contributed by atoms with Gasteiger partial charge < -0.3 is 4.90 Å². The molecule has 64 valence electrons. The van der Waals surface area contributed by atoms with E-state index in [-0.39, 0.29) is 0 Å². The van der Waals surface area contributed by atoms with E-state index in [4.69, 9.17) is 0 Å². The fourth-order valence-electron chi connectivity index (χ4n) is 2.41. The first-order valence-corrected chi connectivity index (χ1v) is 5.20. The SMILES string of the molecule is c1nsc([C@@H]2CN3CCC2C3)n1. The van der Waals surface area contributed by atoms with Gasteiger partial charge in [0.25, 0.3) is 0 Å². The smallest absolute Gasteiger partial charge is 0.129 e. The molecule has 0 radical (unpaired) electrons. The molecule has 0 aromatic carbocycles. The maximum Gasteiger partial charge on any atom is 0.129 e. The van der Waals surface area contributed by atoms with Crippen LogP contribution < -0.4 is 0 Å². The fourth-order valence-corrected chi connectivity index (χ4v) is 3.11. The maximum absolute atomic E-state index is 4.30. The zero-order chi connectivity index (χ0) is 7.97. The molecular weight excluding hydrogens is 170 g/mol. The van der Waals surface area contributed by atoms with E-state index >= 15 is 0 Å². The van der Waals surface area contributed by atoms with E-state index in [0.29, 0.717) is 5.92 Å². The van der Waals surface area contributed by atoms with E-state index in [1.54, 1.807) is 17.9 Å². The van der Waals surface area contributed by atoms with Crippen molar-refractivity contribution in [2.75, 3.05) is 19.6 Å². The second-order valence-corrected chi connectivity index (χ2v) is 4.51. The number of rotatable bonds is 1. The van der Waals surface area contributed by atoms with Gasteiger partial charge in [-0.2, -0.15) is 4.37 Å². The van der Waals surface area contributed by atoms with Crippen molar-refractivity contribution in [1.82, 2.24) is 14.3 Å². The molecular formula is C8H11N3S. The summed E-state index contributed by atoms with van der Waals surface area (Å²) in [5.41, 5.74) is 0. The summed E-state index contributed by atoms with van der Waals surface area (Å²) in [6.45, 7) is 3.82. The molecule has 3 atom stereocenters. The third-order valence-corrected chi connectivity index (χ3v) is 3.82. The van der Waals surface area contributed by atoms with Crippen LogP contribution in [0.3, 0.4) is 0 Å². The molecule has 4 heteroatoms. The molecule has 0 saturated carbocycles. The first-order chi connectivity index (χ1) is 5.93. The molecule has 2 bridgehead atoms. The molecule has 12 heavy (non-hydrogen) atoms. The Kier molecular flexibility index (Phi) is 1.45. The summed E-state index contributed by atoms with van der Waals surface area (Å²) in [5.74, 6) is 1.57. The molecule has 0 N–H and O–H groups in total. The first-order valence-electron chi connectivity index (χ1n) is 4.42. The van der Waals surface area contributed by atoms with Crippen LogP contribution in [0, 0.1) is 5.92 Å². The fraction of sp³-hybridized carbons (Fsp3) is 0.750. The average Bonchev–Trinajstić information content (AvgIpc) is 2.81. The summed E-state index contributed by atoms with van der Waals surface area (Å²) in [6.07, 6.45) is 3.05. The molecule has 3 nitrogen and oxygen atoms in total. The lowest BCUT2D eigenvalue weighted by Gasteiger charge is -2.18. The normalized spacial score (nSPS) is 39.2. The molecule has 2 unspecified atom stereocenters. The van der Waals surface area contributed by atoms with Gasteiger partial charge in [0, 0.05) is 19.0 Å². The van der Waals surface area contributed by atoms with Gasteiger partial charge in [-0.1, -0.05) is 0 Å². The van der Waals surface area contributed by atoms with Crippen molar-refractivity contribution >= 4 is 11.5 Å². The van der Waals surface area contributed by atoms with Gasteiger partial charge in [0.05, 0.1) is 0 Å². The van der Waals surface area contributed by atoms with Crippen LogP contribution in [-0.4, -0.2) is 33.9 Å². The van der Waals surface area contributed by atoms with Gasteiger partial charge in [0.2, 0.25) is 0 Å². The first kappa shape index (κ1) is 6.97. The molecule has 0 amide bonds. The Bertz CT molecular complexity index is 272. The number of piperidine rings is 1. The molecule has 2 fully saturated rings. The molecule has 0 spiro atoms. The highest BCUT2D eigenvalue weighted by atomic mass is 32.1. The molecule has 2 saturated heterocycles. The Morgan fingerprint density at radius 3 is 3.08 bits per heavy atom.